The lowest BCUT2D eigenvalue weighted by Gasteiger charge is -2.04. The van der Waals surface area contributed by atoms with Crippen LogP contribution in [0.5, 0.6) is 5.75 Å². The zero-order valence-corrected chi connectivity index (χ0v) is 10.7. The topological polar surface area (TPSA) is 77.0 Å². The summed E-state index contributed by atoms with van der Waals surface area (Å²) < 4.78 is 7.13. The third-order valence-electron chi connectivity index (χ3n) is 2.93. The number of esters is 1. The summed E-state index contributed by atoms with van der Waals surface area (Å²) in [5.41, 5.74) is 1.72. The first-order valence-electron chi connectivity index (χ1n) is 5.95. The number of rotatable bonds is 2. The Morgan fingerprint density at radius 2 is 2.15 bits per heavy atom. The maximum absolute atomic E-state index is 11.9. The monoisotopic (exact) mass is 269 g/mol. The van der Waals surface area contributed by atoms with Crippen molar-refractivity contribution in [2.24, 2.45) is 7.05 Å². The van der Waals surface area contributed by atoms with E-state index in [0.29, 0.717) is 5.75 Å². The van der Waals surface area contributed by atoms with Gasteiger partial charge in [0.1, 0.15) is 5.75 Å². The highest BCUT2D eigenvalue weighted by Gasteiger charge is 2.10. The third kappa shape index (κ3) is 2.18. The Morgan fingerprint density at radius 1 is 1.30 bits per heavy atom. The van der Waals surface area contributed by atoms with Gasteiger partial charge in [-0.3, -0.25) is 4.79 Å². The molecule has 6 nitrogen and oxygen atoms in total. The third-order valence-corrected chi connectivity index (χ3v) is 2.93. The van der Waals surface area contributed by atoms with Crippen molar-refractivity contribution >= 4 is 17.0 Å². The number of nitrogens with zero attached hydrogens (tertiary/aromatic N) is 2. The quantitative estimate of drug-likeness (QED) is 0.564. The molecule has 0 spiro atoms. The van der Waals surface area contributed by atoms with Crippen molar-refractivity contribution in [1.29, 1.82) is 0 Å². The number of hydrogen-bond acceptors (Lipinski definition) is 4. The Labute approximate surface area is 113 Å². The number of ether oxygens (including phenoxy) is 1. The lowest BCUT2D eigenvalue weighted by molar-refractivity contribution is 0.0734. The van der Waals surface area contributed by atoms with Crippen LogP contribution in [0.4, 0.5) is 0 Å². The number of hydrogen-bond donors (Lipinski definition) is 1. The van der Waals surface area contributed by atoms with Crippen molar-refractivity contribution in [3.8, 4) is 5.75 Å². The second kappa shape index (κ2) is 4.65. The van der Waals surface area contributed by atoms with E-state index >= 15 is 0 Å². The zero-order valence-electron chi connectivity index (χ0n) is 10.7. The van der Waals surface area contributed by atoms with E-state index in [0.717, 1.165) is 11.0 Å². The predicted octanol–water partition coefficient (Wildman–Crippen LogP) is 1.48. The van der Waals surface area contributed by atoms with Crippen LogP contribution in [0.15, 0.2) is 47.7 Å². The molecule has 0 aliphatic heterocycles. The minimum Gasteiger partial charge on any atom is -0.423 e. The molecule has 1 aromatic carbocycles. The molecule has 0 bridgehead atoms. The fourth-order valence-electron chi connectivity index (χ4n) is 1.88. The largest absolute Gasteiger partial charge is 0.423 e. The van der Waals surface area contributed by atoms with Gasteiger partial charge in [-0.05, 0) is 18.2 Å². The molecule has 2 heterocycles. The van der Waals surface area contributed by atoms with E-state index in [4.69, 9.17) is 4.74 Å². The standard InChI is InChI=1S/C14H11N3O3/c1-17-8-16-11-6-10(3-4-12(11)17)20-14(19)9-2-5-13(18)15-7-9/h2-8H,1H3,(H,15,18). The van der Waals surface area contributed by atoms with Gasteiger partial charge < -0.3 is 14.3 Å². The van der Waals surface area contributed by atoms with Crippen molar-refractivity contribution in [2.75, 3.05) is 0 Å². The van der Waals surface area contributed by atoms with E-state index in [1.807, 2.05) is 17.7 Å². The van der Waals surface area contributed by atoms with Gasteiger partial charge in [0.2, 0.25) is 5.56 Å². The average Bonchev–Trinajstić information content (AvgIpc) is 2.81. The number of carbonyl (C=O) groups excluding carboxylic acids is 1. The van der Waals surface area contributed by atoms with E-state index < -0.39 is 5.97 Å². The van der Waals surface area contributed by atoms with Crippen molar-refractivity contribution in [3.05, 3.63) is 58.8 Å². The summed E-state index contributed by atoms with van der Waals surface area (Å²) in [6.07, 6.45) is 3.02. The van der Waals surface area contributed by atoms with Gasteiger partial charge in [-0.15, -0.1) is 0 Å². The predicted molar refractivity (Wildman–Crippen MR) is 72.7 cm³/mol. The van der Waals surface area contributed by atoms with Crippen LogP contribution in [-0.4, -0.2) is 20.5 Å². The molecule has 0 saturated heterocycles. The second-order valence-corrected chi connectivity index (χ2v) is 4.34. The lowest BCUT2D eigenvalue weighted by atomic mass is 10.3. The number of fused-ring (bicyclic) bond motifs is 1. The highest BCUT2D eigenvalue weighted by molar-refractivity contribution is 5.91. The first kappa shape index (κ1) is 12.2. The summed E-state index contributed by atoms with van der Waals surface area (Å²) in [5.74, 6) is -0.121. The molecule has 2 aromatic heterocycles. The highest BCUT2D eigenvalue weighted by Crippen LogP contribution is 2.20. The molecule has 100 valence electrons. The van der Waals surface area contributed by atoms with Crippen LogP contribution >= 0.6 is 0 Å². The Hall–Kier alpha value is -2.89. The summed E-state index contributed by atoms with van der Waals surface area (Å²) in [4.78, 5) is 29.5. The summed E-state index contributed by atoms with van der Waals surface area (Å²) >= 11 is 0. The fraction of sp³-hybridized carbons (Fsp3) is 0.0714. The minimum atomic E-state index is -0.531. The average molecular weight is 269 g/mol. The number of pyridine rings is 1. The van der Waals surface area contributed by atoms with E-state index in [1.54, 1.807) is 18.5 Å². The van der Waals surface area contributed by atoms with Gasteiger partial charge in [0.15, 0.2) is 0 Å². The second-order valence-electron chi connectivity index (χ2n) is 4.34. The maximum atomic E-state index is 11.9. The van der Waals surface area contributed by atoms with Crippen molar-refractivity contribution < 1.29 is 9.53 Å². The number of H-pyrrole nitrogens is 1. The Kier molecular flexibility index (Phi) is 2.83. The van der Waals surface area contributed by atoms with Crippen LogP contribution in [0.1, 0.15) is 10.4 Å². The first-order valence-corrected chi connectivity index (χ1v) is 5.95. The molecule has 0 aliphatic carbocycles. The fourth-order valence-corrected chi connectivity index (χ4v) is 1.88. The van der Waals surface area contributed by atoms with Gasteiger partial charge in [0.25, 0.3) is 0 Å². The number of imidazole rings is 1. The molecular weight excluding hydrogens is 258 g/mol. The van der Waals surface area contributed by atoms with Crippen LogP contribution in [0.25, 0.3) is 11.0 Å². The van der Waals surface area contributed by atoms with Crippen molar-refractivity contribution in [1.82, 2.24) is 14.5 Å². The zero-order chi connectivity index (χ0) is 14.1. The van der Waals surface area contributed by atoms with Crippen LogP contribution in [-0.2, 0) is 7.05 Å². The summed E-state index contributed by atoms with van der Waals surface area (Å²) in [5, 5.41) is 0. The van der Waals surface area contributed by atoms with Gasteiger partial charge in [-0.2, -0.15) is 0 Å². The molecule has 3 rings (SSSR count). The molecule has 0 fully saturated rings. The van der Waals surface area contributed by atoms with E-state index in [1.165, 1.54) is 18.3 Å². The van der Waals surface area contributed by atoms with Crippen LogP contribution in [0.3, 0.4) is 0 Å². The first-order chi connectivity index (χ1) is 9.63. The summed E-state index contributed by atoms with van der Waals surface area (Å²) in [6, 6.07) is 7.92. The molecule has 20 heavy (non-hydrogen) atoms. The Morgan fingerprint density at radius 3 is 2.90 bits per heavy atom. The Bertz CT molecular complexity index is 828. The molecule has 0 radical (unpaired) electrons. The van der Waals surface area contributed by atoms with E-state index in [9.17, 15) is 9.59 Å². The molecule has 6 heteroatoms. The van der Waals surface area contributed by atoms with Gasteiger partial charge >= 0.3 is 5.97 Å². The SMILES string of the molecule is Cn1cnc2cc(OC(=O)c3ccc(=O)[nH]c3)ccc21. The number of carbonyl (C=O) groups is 1. The molecule has 0 saturated carbocycles. The van der Waals surface area contributed by atoms with Crippen LogP contribution in [0, 0.1) is 0 Å². The van der Waals surface area contributed by atoms with Gasteiger partial charge in [0.05, 0.1) is 22.9 Å². The smallest absolute Gasteiger partial charge is 0.345 e. The summed E-state index contributed by atoms with van der Waals surface area (Å²) in [6.45, 7) is 0. The number of nitrogens with one attached hydrogen (secondary N) is 1. The lowest BCUT2D eigenvalue weighted by Crippen LogP contribution is -2.12. The normalized spacial score (nSPS) is 10.7. The van der Waals surface area contributed by atoms with Crippen LogP contribution in [0.2, 0.25) is 0 Å². The molecular formula is C14H11N3O3. The molecule has 0 atom stereocenters. The highest BCUT2D eigenvalue weighted by atomic mass is 16.5. The van der Waals surface area contributed by atoms with E-state index in [2.05, 4.69) is 9.97 Å². The molecule has 0 unspecified atom stereocenters. The molecule has 0 aliphatic rings. The van der Waals surface area contributed by atoms with Crippen molar-refractivity contribution in [3.63, 3.8) is 0 Å². The van der Waals surface area contributed by atoms with Crippen LogP contribution < -0.4 is 10.3 Å². The number of aromatic nitrogens is 3. The maximum Gasteiger partial charge on any atom is 0.345 e. The molecule has 1 N–H and O–H groups in total. The molecule has 3 aromatic rings. The number of benzene rings is 1. The minimum absolute atomic E-state index is 0.267. The summed E-state index contributed by atoms with van der Waals surface area (Å²) in [7, 11) is 1.89. The molecule has 0 amide bonds. The van der Waals surface area contributed by atoms with Gasteiger partial charge in [0, 0.05) is 25.4 Å². The van der Waals surface area contributed by atoms with E-state index in [-0.39, 0.29) is 11.1 Å². The number of aryl methyl sites for hydroxylation is 1. The number of aromatic amines is 1. The van der Waals surface area contributed by atoms with Crippen molar-refractivity contribution in [2.45, 2.75) is 0 Å². The van der Waals surface area contributed by atoms with Gasteiger partial charge in [-0.25, -0.2) is 9.78 Å². The Balaban J connectivity index is 1.87. The van der Waals surface area contributed by atoms with Gasteiger partial charge in [-0.1, -0.05) is 0 Å².